The highest BCUT2D eigenvalue weighted by Gasteiger charge is 2.15. The first-order valence-electron chi connectivity index (χ1n) is 3.93. The van der Waals surface area contributed by atoms with Crippen LogP contribution in [0.3, 0.4) is 0 Å². The number of ether oxygens (including phenoxy) is 1. The molecule has 0 aromatic heterocycles. The Morgan fingerprint density at radius 2 is 2.08 bits per heavy atom. The Hall–Kier alpha value is -0.850. The Balaban J connectivity index is 3.41. The van der Waals surface area contributed by atoms with Gasteiger partial charge < -0.3 is 9.94 Å². The predicted octanol–water partition coefficient (Wildman–Crippen LogP) is 0.421. The molecule has 0 aromatic carbocycles. The van der Waals surface area contributed by atoms with E-state index in [1.54, 1.807) is 20.8 Å². The molecule has 0 saturated heterocycles. The summed E-state index contributed by atoms with van der Waals surface area (Å²) in [4.78, 5) is 15.5. The summed E-state index contributed by atoms with van der Waals surface area (Å²) in [6, 6.07) is 0. The summed E-state index contributed by atoms with van der Waals surface area (Å²) in [7, 11) is 0. The summed E-state index contributed by atoms with van der Waals surface area (Å²) >= 11 is 0. The minimum absolute atomic E-state index is 0.162. The summed E-state index contributed by atoms with van der Waals surface area (Å²) < 4.78 is 4.86. The van der Waals surface area contributed by atoms with Gasteiger partial charge in [0.25, 0.3) is 0 Å². The topological polar surface area (TPSA) is 79.8 Å². The zero-order chi connectivity index (χ0) is 10.3. The summed E-state index contributed by atoms with van der Waals surface area (Å²) in [6.07, 6.45) is -0.648. The van der Waals surface area contributed by atoms with E-state index < -0.39 is 11.7 Å². The molecule has 78 valence electrons. The molecule has 3 N–H and O–H groups in total. The molecule has 0 aliphatic rings. The number of carbonyl (C=O) groups excluding carboxylic acids is 1. The fourth-order valence-electron chi connectivity index (χ4n) is 0.506. The van der Waals surface area contributed by atoms with Crippen LogP contribution in [-0.4, -0.2) is 30.1 Å². The van der Waals surface area contributed by atoms with E-state index in [2.05, 4.69) is 10.3 Å². The summed E-state index contributed by atoms with van der Waals surface area (Å²) in [5.41, 5.74) is 3.40. The molecule has 6 heteroatoms. The van der Waals surface area contributed by atoms with Gasteiger partial charge in [0, 0.05) is 6.54 Å². The van der Waals surface area contributed by atoms with E-state index in [0.29, 0.717) is 0 Å². The Labute approximate surface area is 77.1 Å². The van der Waals surface area contributed by atoms with Crippen molar-refractivity contribution in [2.45, 2.75) is 26.4 Å². The number of rotatable bonds is 4. The average Bonchev–Trinajstić information content (AvgIpc) is 1.94. The van der Waals surface area contributed by atoms with Crippen LogP contribution in [0.25, 0.3) is 0 Å². The van der Waals surface area contributed by atoms with Gasteiger partial charge in [0.05, 0.1) is 6.61 Å². The number of amides is 1. The molecular weight excluding hydrogens is 176 g/mol. The maximum absolute atomic E-state index is 10.9. The molecule has 0 bridgehead atoms. The molecule has 0 heterocycles. The number of hydrogen-bond acceptors (Lipinski definition) is 5. The van der Waals surface area contributed by atoms with Crippen molar-refractivity contribution >= 4 is 6.09 Å². The van der Waals surface area contributed by atoms with Crippen LogP contribution in [0.15, 0.2) is 0 Å². The van der Waals surface area contributed by atoms with E-state index in [9.17, 15) is 4.79 Å². The van der Waals surface area contributed by atoms with E-state index in [1.807, 2.05) is 5.48 Å². The lowest BCUT2D eigenvalue weighted by atomic mass is 10.2. The third-order valence-corrected chi connectivity index (χ3v) is 0.870. The number of hydrogen-bond donors (Lipinski definition) is 3. The molecule has 6 nitrogen and oxygen atoms in total. The van der Waals surface area contributed by atoms with Crippen molar-refractivity contribution in [3.63, 3.8) is 0 Å². The third kappa shape index (κ3) is 9.06. The van der Waals surface area contributed by atoms with E-state index in [4.69, 9.17) is 9.94 Å². The molecule has 0 aliphatic carbocycles. The normalized spacial score (nSPS) is 11.1. The second-order valence-corrected chi connectivity index (χ2v) is 3.36. The second-order valence-electron chi connectivity index (χ2n) is 3.36. The van der Waals surface area contributed by atoms with Crippen molar-refractivity contribution < 1.29 is 19.6 Å². The lowest BCUT2D eigenvalue weighted by molar-refractivity contribution is -0.0127. The van der Waals surface area contributed by atoms with Crippen molar-refractivity contribution in [2.75, 3.05) is 13.2 Å². The minimum atomic E-state index is -0.648. The monoisotopic (exact) mass is 192 g/mol. The quantitative estimate of drug-likeness (QED) is 0.444. The van der Waals surface area contributed by atoms with Gasteiger partial charge >= 0.3 is 6.09 Å². The van der Waals surface area contributed by atoms with Crippen molar-refractivity contribution in [1.82, 2.24) is 11.0 Å². The average molecular weight is 192 g/mol. The maximum Gasteiger partial charge on any atom is 0.431 e. The Morgan fingerprint density at radius 3 is 2.54 bits per heavy atom. The van der Waals surface area contributed by atoms with E-state index in [0.717, 1.165) is 0 Å². The van der Waals surface area contributed by atoms with Crippen LogP contribution in [0.2, 0.25) is 0 Å². The molecule has 0 aromatic rings. The summed E-state index contributed by atoms with van der Waals surface area (Å²) in [6.45, 7) is 5.65. The highest BCUT2D eigenvalue weighted by Crippen LogP contribution is 2.05. The lowest BCUT2D eigenvalue weighted by Gasteiger charge is -2.19. The Bertz CT molecular complexity index is 155. The van der Waals surface area contributed by atoms with Gasteiger partial charge in [-0.2, -0.15) is 5.48 Å². The largest absolute Gasteiger partial charge is 0.442 e. The standard InChI is InChI=1S/C7H16N2O4/c1-7(2,3)13-6(10)9-12-5-4-8-11/h8,11H,4-5H2,1-3H3,(H,9,10). The van der Waals surface area contributed by atoms with Gasteiger partial charge in [-0.3, -0.25) is 4.84 Å². The summed E-state index contributed by atoms with van der Waals surface area (Å²) in [5.74, 6) is 0. The minimum Gasteiger partial charge on any atom is -0.442 e. The molecule has 0 radical (unpaired) electrons. The van der Waals surface area contributed by atoms with Crippen molar-refractivity contribution in [2.24, 2.45) is 0 Å². The lowest BCUT2D eigenvalue weighted by Crippen LogP contribution is -2.33. The van der Waals surface area contributed by atoms with Crippen LogP contribution in [0.4, 0.5) is 4.79 Å². The van der Waals surface area contributed by atoms with Crippen molar-refractivity contribution in [3.05, 3.63) is 0 Å². The fraction of sp³-hybridized carbons (Fsp3) is 0.857. The van der Waals surface area contributed by atoms with E-state index in [1.165, 1.54) is 0 Å². The SMILES string of the molecule is CC(C)(C)OC(=O)NOCCNO. The molecule has 0 spiro atoms. The molecular formula is C7H16N2O4. The number of carbonyl (C=O) groups is 1. The van der Waals surface area contributed by atoms with Crippen molar-refractivity contribution in [3.8, 4) is 0 Å². The molecule has 0 aliphatic heterocycles. The predicted molar refractivity (Wildman–Crippen MR) is 45.1 cm³/mol. The van der Waals surface area contributed by atoms with E-state index in [-0.39, 0.29) is 13.2 Å². The molecule has 0 atom stereocenters. The Kier molecular flexibility index (Phi) is 5.36. The van der Waals surface area contributed by atoms with Crippen LogP contribution in [0, 0.1) is 0 Å². The molecule has 0 fully saturated rings. The van der Waals surface area contributed by atoms with Gasteiger partial charge in [-0.25, -0.2) is 10.3 Å². The van der Waals surface area contributed by atoms with Gasteiger partial charge in [-0.1, -0.05) is 0 Å². The van der Waals surface area contributed by atoms with Gasteiger partial charge in [0.15, 0.2) is 0 Å². The zero-order valence-corrected chi connectivity index (χ0v) is 8.09. The second kappa shape index (κ2) is 5.74. The first kappa shape index (κ1) is 12.2. The molecule has 0 rings (SSSR count). The van der Waals surface area contributed by atoms with Gasteiger partial charge in [-0.15, -0.1) is 0 Å². The van der Waals surface area contributed by atoms with Crippen LogP contribution < -0.4 is 11.0 Å². The molecule has 0 unspecified atom stereocenters. The fourth-order valence-corrected chi connectivity index (χ4v) is 0.506. The number of hydroxylamine groups is 2. The first-order chi connectivity index (χ1) is 5.95. The third-order valence-electron chi connectivity index (χ3n) is 0.870. The van der Waals surface area contributed by atoms with Gasteiger partial charge in [-0.05, 0) is 20.8 Å². The molecule has 1 amide bonds. The number of nitrogens with one attached hydrogen (secondary N) is 2. The van der Waals surface area contributed by atoms with Crippen LogP contribution in [0.5, 0.6) is 0 Å². The van der Waals surface area contributed by atoms with Crippen LogP contribution >= 0.6 is 0 Å². The highest BCUT2D eigenvalue weighted by molar-refractivity contribution is 5.66. The van der Waals surface area contributed by atoms with E-state index >= 15 is 0 Å². The first-order valence-corrected chi connectivity index (χ1v) is 3.93. The maximum atomic E-state index is 10.9. The van der Waals surface area contributed by atoms with Crippen LogP contribution in [-0.2, 0) is 9.57 Å². The molecule has 13 heavy (non-hydrogen) atoms. The Morgan fingerprint density at radius 1 is 1.46 bits per heavy atom. The smallest absolute Gasteiger partial charge is 0.431 e. The molecule has 0 saturated carbocycles. The van der Waals surface area contributed by atoms with Crippen molar-refractivity contribution in [1.29, 1.82) is 0 Å². The zero-order valence-electron chi connectivity index (χ0n) is 8.09. The highest BCUT2D eigenvalue weighted by atomic mass is 16.7. The van der Waals surface area contributed by atoms with Gasteiger partial charge in [0.2, 0.25) is 0 Å². The summed E-state index contributed by atoms with van der Waals surface area (Å²) in [5, 5.41) is 8.14. The van der Waals surface area contributed by atoms with Gasteiger partial charge in [0.1, 0.15) is 5.60 Å². The van der Waals surface area contributed by atoms with Crippen LogP contribution in [0.1, 0.15) is 20.8 Å².